The summed E-state index contributed by atoms with van der Waals surface area (Å²) in [6.07, 6.45) is 2.52. The fraction of sp³-hybridized carbons (Fsp3) is 0.556. The lowest BCUT2D eigenvalue weighted by Gasteiger charge is -2.08. The smallest absolute Gasteiger partial charge is 0.216 e. The van der Waals surface area contributed by atoms with E-state index in [-0.39, 0.29) is 6.10 Å². The molecule has 4 heteroatoms. The average Bonchev–Trinajstić information content (AvgIpc) is 2.04. The van der Waals surface area contributed by atoms with E-state index in [0.29, 0.717) is 18.8 Å². The Balaban J connectivity index is 2.67. The second-order valence-electron chi connectivity index (χ2n) is 3.02. The lowest BCUT2D eigenvalue weighted by atomic mass is 10.4. The number of hydrogen-bond acceptors (Lipinski definition) is 4. The van der Waals surface area contributed by atoms with Gasteiger partial charge < -0.3 is 10.5 Å². The summed E-state index contributed by atoms with van der Waals surface area (Å²) in [5.74, 6) is 1.36. The molecule has 2 N–H and O–H groups in total. The van der Waals surface area contributed by atoms with E-state index < -0.39 is 0 Å². The first-order chi connectivity index (χ1) is 6.22. The molecule has 0 saturated carbocycles. The predicted molar refractivity (Wildman–Crippen MR) is 50.6 cm³/mol. The molecule has 0 saturated heterocycles. The highest BCUT2D eigenvalue weighted by molar-refractivity contribution is 5.08. The van der Waals surface area contributed by atoms with Crippen LogP contribution in [0.4, 0.5) is 0 Å². The van der Waals surface area contributed by atoms with Gasteiger partial charge in [0.05, 0.1) is 6.10 Å². The monoisotopic (exact) mass is 181 g/mol. The number of hydrogen-bond donors (Lipinski definition) is 1. The molecule has 72 valence electrons. The van der Waals surface area contributed by atoms with Crippen molar-refractivity contribution in [3.05, 3.63) is 18.1 Å². The zero-order chi connectivity index (χ0) is 9.68. The third kappa shape index (κ3) is 3.38. The van der Waals surface area contributed by atoms with Gasteiger partial charge in [0.15, 0.2) is 0 Å². The van der Waals surface area contributed by atoms with Crippen molar-refractivity contribution in [1.29, 1.82) is 0 Å². The molecule has 0 amide bonds. The van der Waals surface area contributed by atoms with Crippen LogP contribution in [-0.2, 0) is 6.42 Å². The molecule has 0 aliphatic carbocycles. The molecule has 0 aliphatic rings. The van der Waals surface area contributed by atoms with Gasteiger partial charge in [0, 0.05) is 18.7 Å². The summed E-state index contributed by atoms with van der Waals surface area (Å²) >= 11 is 0. The first kappa shape index (κ1) is 9.92. The zero-order valence-corrected chi connectivity index (χ0v) is 8.03. The molecule has 1 rings (SSSR count). The molecule has 0 aromatic carbocycles. The van der Waals surface area contributed by atoms with E-state index in [1.54, 1.807) is 12.3 Å². The van der Waals surface area contributed by atoms with Crippen molar-refractivity contribution >= 4 is 0 Å². The number of ether oxygens (including phenoxy) is 1. The Morgan fingerprint density at radius 2 is 2.31 bits per heavy atom. The largest absolute Gasteiger partial charge is 0.475 e. The second-order valence-corrected chi connectivity index (χ2v) is 3.02. The standard InChI is InChI=1S/C9H15N3O/c1-7(2)13-9-4-6-11-8(12-9)3-5-10/h4,6-7H,3,5,10H2,1-2H3. The van der Waals surface area contributed by atoms with E-state index in [2.05, 4.69) is 9.97 Å². The molecule has 0 unspecified atom stereocenters. The van der Waals surface area contributed by atoms with Crippen LogP contribution in [0.1, 0.15) is 19.7 Å². The van der Waals surface area contributed by atoms with Gasteiger partial charge in [-0.25, -0.2) is 4.98 Å². The van der Waals surface area contributed by atoms with Gasteiger partial charge in [0.1, 0.15) is 5.82 Å². The quantitative estimate of drug-likeness (QED) is 0.745. The lowest BCUT2D eigenvalue weighted by Crippen LogP contribution is -2.10. The van der Waals surface area contributed by atoms with Crippen LogP contribution in [0.15, 0.2) is 12.3 Å². The van der Waals surface area contributed by atoms with Crippen molar-refractivity contribution in [3.63, 3.8) is 0 Å². The summed E-state index contributed by atoms with van der Waals surface area (Å²) in [6, 6.07) is 1.75. The minimum absolute atomic E-state index is 0.139. The number of aromatic nitrogens is 2. The SMILES string of the molecule is CC(C)Oc1ccnc(CCN)n1. The van der Waals surface area contributed by atoms with E-state index in [1.807, 2.05) is 13.8 Å². The normalized spacial score (nSPS) is 10.5. The maximum atomic E-state index is 5.41. The van der Waals surface area contributed by atoms with Crippen LogP contribution >= 0.6 is 0 Å². The highest BCUT2D eigenvalue weighted by atomic mass is 16.5. The first-order valence-corrected chi connectivity index (χ1v) is 4.41. The van der Waals surface area contributed by atoms with Gasteiger partial charge in [-0.15, -0.1) is 0 Å². The van der Waals surface area contributed by atoms with Gasteiger partial charge in [-0.2, -0.15) is 4.98 Å². The van der Waals surface area contributed by atoms with Crippen molar-refractivity contribution < 1.29 is 4.74 Å². The molecule has 1 aromatic heterocycles. The zero-order valence-electron chi connectivity index (χ0n) is 8.03. The van der Waals surface area contributed by atoms with Crippen LogP contribution in [0.2, 0.25) is 0 Å². The third-order valence-corrected chi connectivity index (χ3v) is 1.40. The van der Waals surface area contributed by atoms with Crippen LogP contribution < -0.4 is 10.5 Å². The lowest BCUT2D eigenvalue weighted by molar-refractivity contribution is 0.231. The summed E-state index contributed by atoms with van der Waals surface area (Å²) in [4.78, 5) is 8.25. The predicted octanol–water partition coefficient (Wildman–Crippen LogP) is 0.765. The van der Waals surface area contributed by atoms with Gasteiger partial charge in [-0.05, 0) is 20.4 Å². The van der Waals surface area contributed by atoms with Crippen molar-refractivity contribution in [2.24, 2.45) is 5.73 Å². The molecule has 1 heterocycles. The summed E-state index contributed by atoms with van der Waals surface area (Å²) in [6.45, 7) is 4.49. The highest BCUT2D eigenvalue weighted by Crippen LogP contribution is 2.07. The summed E-state index contributed by atoms with van der Waals surface area (Å²) in [7, 11) is 0. The van der Waals surface area contributed by atoms with Crippen molar-refractivity contribution in [1.82, 2.24) is 9.97 Å². The molecule has 0 bridgehead atoms. The molecule has 1 aromatic rings. The van der Waals surface area contributed by atoms with Crippen LogP contribution in [0.25, 0.3) is 0 Å². The van der Waals surface area contributed by atoms with Gasteiger partial charge >= 0.3 is 0 Å². The Morgan fingerprint density at radius 1 is 1.54 bits per heavy atom. The van der Waals surface area contributed by atoms with Crippen molar-refractivity contribution in [3.8, 4) is 5.88 Å². The topological polar surface area (TPSA) is 61.0 Å². The van der Waals surface area contributed by atoms with Crippen LogP contribution in [0.3, 0.4) is 0 Å². The number of rotatable bonds is 4. The summed E-state index contributed by atoms with van der Waals surface area (Å²) < 4.78 is 5.41. The number of nitrogens with two attached hydrogens (primary N) is 1. The Bertz CT molecular complexity index is 263. The van der Waals surface area contributed by atoms with Crippen LogP contribution in [-0.4, -0.2) is 22.6 Å². The highest BCUT2D eigenvalue weighted by Gasteiger charge is 2.00. The average molecular weight is 181 g/mol. The van der Waals surface area contributed by atoms with E-state index in [9.17, 15) is 0 Å². The maximum absolute atomic E-state index is 5.41. The Morgan fingerprint density at radius 3 is 2.92 bits per heavy atom. The molecular formula is C9H15N3O. The van der Waals surface area contributed by atoms with Gasteiger partial charge in [0.25, 0.3) is 0 Å². The van der Waals surface area contributed by atoms with Gasteiger partial charge in [-0.3, -0.25) is 0 Å². The minimum Gasteiger partial charge on any atom is -0.475 e. The molecule has 0 radical (unpaired) electrons. The van der Waals surface area contributed by atoms with E-state index >= 15 is 0 Å². The molecule has 0 atom stereocenters. The molecule has 0 aliphatic heterocycles. The minimum atomic E-state index is 0.139. The van der Waals surface area contributed by atoms with Gasteiger partial charge in [-0.1, -0.05) is 0 Å². The number of nitrogens with zero attached hydrogens (tertiary/aromatic N) is 2. The second kappa shape index (κ2) is 4.77. The maximum Gasteiger partial charge on any atom is 0.216 e. The Kier molecular flexibility index (Phi) is 3.64. The molecule has 13 heavy (non-hydrogen) atoms. The molecule has 4 nitrogen and oxygen atoms in total. The summed E-state index contributed by atoms with van der Waals surface area (Å²) in [5.41, 5.74) is 5.39. The fourth-order valence-electron chi connectivity index (χ4n) is 0.937. The first-order valence-electron chi connectivity index (χ1n) is 4.41. The van der Waals surface area contributed by atoms with E-state index in [1.165, 1.54) is 0 Å². The fourth-order valence-corrected chi connectivity index (χ4v) is 0.937. The van der Waals surface area contributed by atoms with Gasteiger partial charge in [0.2, 0.25) is 5.88 Å². The summed E-state index contributed by atoms with van der Waals surface area (Å²) in [5, 5.41) is 0. The Labute approximate surface area is 78.1 Å². The Hall–Kier alpha value is -1.16. The van der Waals surface area contributed by atoms with Crippen LogP contribution in [0, 0.1) is 0 Å². The van der Waals surface area contributed by atoms with Crippen LogP contribution in [0.5, 0.6) is 5.88 Å². The third-order valence-electron chi connectivity index (χ3n) is 1.40. The van der Waals surface area contributed by atoms with E-state index in [0.717, 1.165) is 5.82 Å². The van der Waals surface area contributed by atoms with E-state index in [4.69, 9.17) is 10.5 Å². The van der Waals surface area contributed by atoms with Crippen molar-refractivity contribution in [2.45, 2.75) is 26.4 Å². The molecule has 0 fully saturated rings. The van der Waals surface area contributed by atoms with Crippen molar-refractivity contribution in [2.75, 3.05) is 6.54 Å². The molecule has 0 spiro atoms. The molecular weight excluding hydrogens is 166 g/mol.